The maximum atomic E-state index is 5.44. The average Bonchev–Trinajstić information content (AvgIpc) is 3.04. The van der Waals surface area contributed by atoms with Gasteiger partial charge < -0.3 is 15.0 Å². The van der Waals surface area contributed by atoms with E-state index in [-0.39, 0.29) is 0 Å². The monoisotopic (exact) mass is 291 g/mol. The zero-order valence-corrected chi connectivity index (χ0v) is 12.8. The lowest BCUT2D eigenvalue weighted by Crippen LogP contribution is -2.44. The lowest BCUT2D eigenvalue weighted by Gasteiger charge is -2.32. The molecule has 2 aliphatic rings. The van der Waals surface area contributed by atoms with Crippen molar-refractivity contribution >= 4 is 11.6 Å². The maximum Gasteiger partial charge on any atom is 0.149 e. The highest BCUT2D eigenvalue weighted by Crippen LogP contribution is 2.22. The molecule has 3 rings (SSSR count). The van der Waals surface area contributed by atoms with Gasteiger partial charge in [-0.05, 0) is 12.8 Å². The lowest BCUT2D eigenvalue weighted by molar-refractivity contribution is 0.0209. The van der Waals surface area contributed by atoms with Gasteiger partial charge in [0.25, 0.3) is 0 Å². The predicted octanol–water partition coefficient (Wildman–Crippen LogP) is 1.21. The summed E-state index contributed by atoms with van der Waals surface area (Å²) in [6.45, 7) is 9.05. The summed E-state index contributed by atoms with van der Waals surface area (Å²) in [4.78, 5) is 13.9. The molecule has 2 saturated heterocycles. The molecule has 6 heteroatoms. The smallest absolute Gasteiger partial charge is 0.149 e. The van der Waals surface area contributed by atoms with Gasteiger partial charge in [-0.1, -0.05) is 6.92 Å². The first kappa shape index (κ1) is 14.5. The molecule has 0 aliphatic carbocycles. The molecule has 0 aromatic carbocycles. The van der Waals surface area contributed by atoms with Gasteiger partial charge in [-0.25, -0.2) is 4.98 Å². The molecule has 2 fully saturated rings. The molecule has 0 bridgehead atoms. The fourth-order valence-electron chi connectivity index (χ4n) is 3.04. The number of nitrogens with zero attached hydrogens (tertiary/aromatic N) is 4. The summed E-state index contributed by atoms with van der Waals surface area (Å²) in [5, 5.41) is 3.31. The van der Waals surface area contributed by atoms with Gasteiger partial charge in [0.1, 0.15) is 11.6 Å². The van der Waals surface area contributed by atoms with Crippen LogP contribution >= 0.6 is 0 Å². The van der Waals surface area contributed by atoms with E-state index in [0.29, 0.717) is 6.04 Å². The normalized spacial score (nSPS) is 23.5. The Bertz CT molecular complexity index is 449. The summed E-state index contributed by atoms with van der Waals surface area (Å²) in [7, 11) is 0. The van der Waals surface area contributed by atoms with Gasteiger partial charge >= 0.3 is 0 Å². The van der Waals surface area contributed by atoms with Crippen LogP contribution < -0.4 is 10.2 Å². The summed E-state index contributed by atoms with van der Waals surface area (Å²) >= 11 is 0. The van der Waals surface area contributed by atoms with E-state index in [9.17, 15) is 0 Å². The van der Waals surface area contributed by atoms with E-state index in [4.69, 9.17) is 4.74 Å². The van der Waals surface area contributed by atoms with Gasteiger partial charge in [-0.3, -0.25) is 9.88 Å². The van der Waals surface area contributed by atoms with Crippen molar-refractivity contribution in [2.24, 2.45) is 0 Å². The highest BCUT2D eigenvalue weighted by molar-refractivity contribution is 5.44. The second kappa shape index (κ2) is 7.04. The van der Waals surface area contributed by atoms with Gasteiger partial charge in [-0.15, -0.1) is 0 Å². The van der Waals surface area contributed by atoms with Crippen molar-refractivity contribution in [1.29, 1.82) is 0 Å². The van der Waals surface area contributed by atoms with E-state index >= 15 is 0 Å². The highest BCUT2D eigenvalue weighted by Gasteiger charge is 2.29. The Kier molecular flexibility index (Phi) is 4.87. The van der Waals surface area contributed by atoms with Crippen LogP contribution in [-0.2, 0) is 4.74 Å². The molecule has 2 aliphatic heterocycles. The number of ether oxygens (including phenoxy) is 1. The van der Waals surface area contributed by atoms with Gasteiger partial charge in [-0.2, -0.15) is 0 Å². The minimum absolute atomic E-state index is 0.628. The Morgan fingerprint density at radius 3 is 2.95 bits per heavy atom. The van der Waals surface area contributed by atoms with Crippen LogP contribution in [0.4, 0.5) is 11.6 Å². The van der Waals surface area contributed by atoms with Crippen LogP contribution in [0.3, 0.4) is 0 Å². The molecular formula is C15H25N5O. The number of anilines is 2. The summed E-state index contributed by atoms with van der Waals surface area (Å²) in [6, 6.07) is 0.628. The first-order chi connectivity index (χ1) is 10.4. The Morgan fingerprint density at radius 1 is 1.29 bits per heavy atom. The molecule has 0 radical (unpaired) electrons. The third kappa shape index (κ3) is 3.63. The average molecular weight is 291 g/mol. The minimum Gasteiger partial charge on any atom is -0.379 e. The predicted molar refractivity (Wildman–Crippen MR) is 83.8 cm³/mol. The molecule has 3 heterocycles. The van der Waals surface area contributed by atoms with Crippen molar-refractivity contribution in [2.75, 3.05) is 56.2 Å². The van der Waals surface area contributed by atoms with Crippen molar-refractivity contribution < 1.29 is 4.74 Å². The molecular weight excluding hydrogens is 266 g/mol. The second-order valence-electron chi connectivity index (χ2n) is 5.73. The summed E-state index contributed by atoms with van der Waals surface area (Å²) in [6.07, 6.45) is 5.97. The van der Waals surface area contributed by atoms with E-state index < -0.39 is 0 Å². The first-order valence-electron chi connectivity index (χ1n) is 7.99. The third-order valence-corrected chi connectivity index (χ3v) is 4.23. The van der Waals surface area contributed by atoms with E-state index in [1.807, 2.05) is 6.20 Å². The van der Waals surface area contributed by atoms with Gasteiger partial charge in [0.05, 0.1) is 25.6 Å². The van der Waals surface area contributed by atoms with Gasteiger partial charge in [0.15, 0.2) is 0 Å². The zero-order valence-electron chi connectivity index (χ0n) is 12.8. The van der Waals surface area contributed by atoms with Gasteiger partial charge in [0, 0.05) is 38.8 Å². The van der Waals surface area contributed by atoms with Crippen LogP contribution in [0, 0.1) is 0 Å². The van der Waals surface area contributed by atoms with Crippen LogP contribution in [0.5, 0.6) is 0 Å². The van der Waals surface area contributed by atoms with Crippen LogP contribution in [-0.4, -0.2) is 66.8 Å². The van der Waals surface area contributed by atoms with E-state index in [2.05, 4.69) is 32.0 Å². The van der Waals surface area contributed by atoms with Crippen molar-refractivity contribution in [3.63, 3.8) is 0 Å². The third-order valence-electron chi connectivity index (χ3n) is 4.23. The molecule has 1 N–H and O–H groups in total. The Labute approximate surface area is 126 Å². The van der Waals surface area contributed by atoms with Gasteiger partial charge in [0.2, 0.25) is 0 Å². The van der Waals surface area contributed by atoms with Crippen LogP contribution in [0.25, 0.3) is 0 Å². The molecule has 1 aromatic rings. The zero-order chi connectivity index (χ0) is 14.5. The summed E-state index contributed by atoms with van der Waals surface area (Å²) in [5.41, 5.74) is 0. The SMILES string of the molecule is CCCNc1cncc(N2CCC(N3CCOCC3)C2)n1. The molecule has 1 atom stereocenters. The quantitative estimate of drug-likeness (QED) is 0.880. The number of morpholine rings is 1. The maximum absolute atomic E-state index is 5.44. The number of nitrogens with one attached hydrogen (secondary N) is 1. The molecule has 116 valence electrons. The van der Waals surface area contributed by atoms with Crippen LogP contribution in [0.1, 0.15) is 19.8 Å². The highest BCUT2D eigenvalue weighted by atomic mass is 16.5. The molecule has 0 spiro atoms. The van der Waals surface area contributed by atoms with E-state index in [1.54, 1.807) is 6.20 Å². The molecule has 21 heavy (non-hydrogen) atoms. The lowest BCUT2D eigenvalue weighted by atomic mass is 10.2. The Morgan fingerprint density at radius 2 is 2.14 bits per heavy atom. The molecule has 6 nitrogen and oxygen atoms in total. The van der Waals surface area contributed by atoms with Crippen molar-refractivity contribution in [3.05, 3.63) is 12.4 Å². The number of hydrogen-bond donors (Lipinski definition) is 1. The summed E-state index contributed by atoms with van der Waals surface area (Å²) < 4.78 is 5.44. The Balaban J connectivity index is 1.60. The molecule has 1 unspecified atom stereocenters. The first-order valence-corrected chi connectivity index (χ1v) is 7.99. The summed E-state index contributed by atoms with van der Waals surface area (Å²) in [5.74, 6) is 1.87. The fourth-order valence-corrected chi connectivity index (χ4v) is 3.04. The van der Waals surface area contributed by atoms with Crippen molar-refractivity contribution in [1.82, 2.24) is 14.9 Å². The number of rotatable bonds is 5. The van der Waals surface area contributed by atoms with Crippen molar-refractivity contribution in [2.45, 2.75) is 25.8 Å². The minimum atomic E-state index is 0.628. The molecule has 0 amide bonds. The van der Waals surface area contributed by atoms with Crippen molar-refractivity contribution in [3.8, 4) is 0 Å². The Hall–Kier alpha value is -1.40. The van der Waals surface area contributed by atoms with Crippen LogP contribution in [0.2, 0.25) is 0 Å². The standard InChI is InChI=1S/C15H25N5O/c1-2-4-17-14-10-16-11-15(18-14)20-5-3-13(12-20)19-6-8-21-9-7-19/h10-11,13H,2-9,12H2,1H3,(H,17,18). The number of aromatic nitrogens is 2. The van der Waals surface area contributed by atoms with Crippen LogP contribution in [0.15, 0.2) is 12.4 Å². The topological polar surface area (TPSA) is 53.5 Å². The second-order valence-corrected chi connectivity index (χ2v) is 5.73. The molecule has 1 aromatic heterocycles. The number of hydrogen-bond acceptors (Lipinski definition) is 6. The fraction of sp³-hybridized carbons (Fsp3) is 0.733. The van der Waals surface area contributed by atoms with E-state index in [0.717, 1.165) is 64.0 Å². The molecule has 0 saturated carbocycles. The largest absolute Gasteiger partial charge is 0.379 e. The van der Waals surface area contributed by atoms with E-state index in [1.165, 1.54) is 6.42 Å².